The molecular formula is C8H5F4NO. The van der Waals surface area contributed by atoms with E-state index >= 15 is 0 Å². The predicted molar refractivity (Wildman–Crippen MR) is 39.0 cm³/mol. The highest BCUT2D eigenvalue weighted by Gasteiger charge is 2.37. The molecule has 1 aromatic heterocycles. The number of nitrogens with zero attached hydrogens (tertiary/aromatic N) is 1. The molecule has 1 heterocycles. The van der Waals surface area contributed by atoms with Crippen molar-refractivity contribution in [1.29, 1.82) is 0 Å². The lowest BCUT2D eigenvalue weighted by molar-refractivity contribution is -0.170. The first-order valence-electron chi connectivity index (χ1n) is 3.61. The normalized spacial score (nSPS) is 11.4. The topological polar surface area (TPSA) is 30.0 Å². The lowest BCUT2D eigenvalue weighted by Crippen LogP contribution is -2.25. The molecule has 0 amide bonds. The van der Waals surface area contributed by atoms with E-state index in [4.69, 9.17) is 0 Å². The second kappa shape index (κ2) is 3.73. The van der Waals surface area contributed by atoms with E-state index in [1.54, 1.807) is 0 Å². The average molecular weight is 207 g/mol. The second-order valence-electron chi connectivity index (χ2n) is 2.55. The van der Waals surface area contributed by atoms with Crippen LogP contribution in [0.4, 0.5) is 17.6 Å². The molecule has 2 nitrogen and oxygen atoms in total. The number of pyridine rings is 1. The minimum atomic E-state index is -4.89. The van der Waals surface area contributed by atoms with E-state index in [0.29, 0.717) is 0 Å². The molecule has 0 radical (unpaired) electrons. The number of Topliss-reactive ketones (excluding diaryl/α,β-unsaturated/α-hetero) is 1. The van der Waals surface area contributed by atoms with Crippen LogP contribution in [-0.2, 0) is 11.2 Å². The van der Waals surface area contributed by atoms with Crippen molar-refractivity contribution in [3.05, 3.63) is 29.8 Å². The maximum absolute atomic E-state index is 12.4. The highest BCUT2D eigenvalue weighted by Crippen LogP contribution is 2.18. The van der Waals surface area contributed by atoms with Crippen LogP contribution < -0.4 is 0 Å². The summed E-state index contributed by atoms with van der Waals surface area (Å²) in [5.41, 5.74) is -0.229. The molecule has 1 aromatic rings. The number of carbonyl (C=O) groups is 1. The molecule has 0 aliphatic carbocycles. The maximum atomic E-state index is 12.4. The van der Waals surface area contributed by atoms with Crippen LogP contribution >= 0.6 is 0 Å². The number of rotatable bonds is 2. The number of ketones is 1. The molecular weight excluding hydrogens is 202 g/mol. The first-order chi connectivity index (χ1) is 6.39. The Morgan fingerprint density at radius 3 is 2.50 bits per heavy atom. The molecule has 1 rings (SSSR count). The van der Waals surface area contributed by atoms with Gasteiger partial charge < -0.3 is 0 Å². The van der Waals surface area contributed by atoms with Gasteiger partial charge in [-0.2, -0.15) is 17.6 Å². The third-order valence-electron chi connectivity index (χ3n) is 1.43. The lowest BCUT2D eigenvalue weighted by atomic mass is 10.2. The molecule has 76 valence electrons. The summed E-state index contributed by atoms with van der Waals surface area (Å²) in [6, 6.07) is 3.34. The first-order valence-corrected chi connectivity index (χ1v) is 3.61. The Kier molecular flexibility index (Phi) is 2.83. The van der Waals surface area contributed by atoms with Crippen molar-refractivity contribution in [1.82, 2.24) is 4.98 Å². The SMILES string of the molecule is O=C(Cc1cccc(F)n1)C(F)(F)F. The fraction of sp³-hybridized carbons (Fsp3) is 0.250. The Hall–Kier alpha value is -1.46. The first kappa shape index (κ1) is 10.6. The third kappa shape index (κ3) is 2.79. The number of aromatic nitrogens is 1. The Labute approximate surface area is 76.6 Å². The molecule has 0 bridgehead atoms. The Bertz CT molecular complexity index is 347. The number of hydrogen-bond acceptors (Lipinski definition) is 2. The Balaban J connectivity index is 2.75. The molecule has 0 aromatic carbocycles. The fourth-order valence-electron chi connectivity index (χ4n) is 0.813. The Morgan fingerprint density at radius 1 is 1.36 bits per heavy atom. The van der Waals surface area contributed by atoms with Crippen molar-refractivity contribution >= 4 is 5.78 Å². The molecule has 0 spiro atoms. The monoisotopic (exact) mass is 207 g/mol. The average Bonchev–Trinajstić information content (AvgIpc) is 2.02. The number of hydrogen-bond donors (Lipinski definition) is 0. The van der Waals surface area contributed by atoms with Gasteiger partial charge in [-0.3, -0.25) is 4.79 Å². The van der Waals surface area contributed by atoms with Gasteiger partial charge in [0.1, 0.15) is 0 Å². The quantitative estimate of drug-likeness (QED) is 0.547. The van der Waals surface area contributed by atoms with Crippen molar-refractivity contribution < 1.29 is 22.4 Å². The summed E-state index contributed by atoms with van der Waals surface area (Å²) in [6.07, 6.45) is -5.82. The standard InChI is InChI=1S/C8H5F4NO/c9-7-3-1-2-5(13-7)4-6(14)8(10,11)12/h1-3H,4H2. The molecule has 0 N–H and O–H groups in total. The number of halogens is 4. The van der Waals surface area contributed by atoms with Gasteiger partial charge in [-0.15, -0.1) is 0 Å². The largest absolute Gasteiger partial charge is 0.450 e. The van der Waals surface area contributed by atoms with Gasteiger partial charge in [0.2, 0.25) is 11.7 Å². The summed E-state index contributed by atoms with van der Waals surface area (Å²) < 4.78 is 47.7. The van der Waals surface area contributed by atoms with E-state index in [9.17, 15) is 22.4 Å². The zero-order valence-corrected chi connectivity index (χ0v) is 6.81. The van der Waals surface area contributed by atoms with Gasteiger partial charge in [-0.1, -0.05) is 6.07 Å². The molecule has 0 saturated carbocycles. The number of carbonyl (C=O) groups excluding carboxylic acids is 1. The van der Waals surface area contributed by atoms with Gasteiger partial charge in [-0.25, -0.2) is 4.98 Å². The van der Waals surface area contributed by atoms with Crippen molar-refractivity contribution in [2.24, 2.45) is 0 Å². The van der Waals surface area contributed by atoms with Gasteiger partial charge in [-0.05, 0) is 12.1 Å². The van der Waals surface area contributed by atoms with Gasteiger partial charge in [0.05, 0.1) is 12.1 Å². The van der Waals surface area contributed by atoms with Gasteiger partial charge in [0, 0.05) is 0 Å². The molecule has 6 heteroatoms. The summed E-state index contributed by atoms with van der Waals surface area (Å²) in [6.45, 7) is 0. The highest BCUT2D eigenvalue weighted by molar-refractivity contribution is 5.85. The van der Waals surface area contributed by atoms with Crippen molar-refractivity contribution in [3.63, 3.8) is 0 Å². The van der Waals surface area contributed by atoms with E-state index in [0.717, 1.165) is 12.1 Å². The van der Waals surface area contributed by atoms with E-state index in [2.05, 4.69) is 4.98 Å². The minimum Gasteiger partial charge on any atom is -0.289 e. The van der Waals surface area contributed by atoms with Gasteiger partial charge >= 0.3 is 6.18 Å². The van der Waals surface area contributed by atoms with Gasteiger partial charge in [0.15, 0.2) is 0 Å². The zero-order valence-electron chi connectivity index (χ0n) is 6.81. The molecule has 14 heavy (non-hydrogen) atoms. The number of alkyl halides is 3. The van der Waals surface area contributed by atoms with Crippen LogP contribution in [0.3, 0.4) is 0 Å². The van der Waals surface area contributed by atoms with Crippen LogP contribution in [0.15, 0.2) is 18.2 Å². The van der Waals surface area contributed by atoms with E-state index in [-0.39, 0.29) is 5.69 Å². The molecule has 0 unspecified atom stereocenters. The second-order valence-corrected chi connectivity index (χ2v) is 2.55. The lowest BCUT2D eigenvalue weighted by Gasteiger charge is -2.03. The fourth-order valence-corrected chi connectivity index (χ4v) is 0.813. The smallest absolute Gasteiger partial charge is 0.289 e. The predicted octanol–water partition coefficient (Wildman–Crippen LogP) is 1.89. The molecule has 0 fully saturated rings. The van der Waals surface area contributed by atoms with Crippen LogP contribution in [0.25, 0.3) is 0 Å². The molecule has 0 atom stereocenters. The summed E-state index contributed by atoms with van der Waals surface area (Å²) >= 11 is 0. The highest BCUT2D eigenvalue weighted by atomic mass is 19.4. The van der Waals surface area contributed by atoms with Crippen LogP contribution in [-0.4, -0.2) is 16.9 Å². The van der Waals surface area contributed by atoms with E-state index < -0.39 is 24.3 Å². The Morgan fingerprint density at radius 2 is 2.00 bits per heavy atom. The summed E-state index contributed by atoms with van der Waals surface area (Å²) in [7, 11) is 0. The van der Waals surface area contributed by atoms with Crippen molar-refractivity contribution in [3.8, 4) is 0 Å². The van der Waals surface area contributed by atoms with E-state index in [1.165, 1.54) is 6.07 Å². The van der Waals surface area contributed by atoms with Crippen LogP contribution in [0.1, 0.15) is 5.69 Å². The third-order valence-corrected chi connectivity index (χ3v) is 1.43. The molecule has 0 aliphatic heterocycles. The molecule has 0 saturated heterocycles. The van der Waals surface area contributed by atoms with Crippen molar-refractivity contribution in [2.45, 2.75) is 12.6 Å². The molecule has 0 aliphatic rings. The maximum Gasteiger partial charge on any atom is 0.450 e. The summed E-state index contributed by atoms with van der Waals surface area (Å²) in [5.74, 6) is -2.84. The minimum absolute atomic E-state index is 0.229. The van der Waals surface area contributed by atoms with E-state index in [1.807, 2.05) is 0 Å². The summed E-state index contributed by atoms with van der Waals surface area (Å²) in [4.78, 5) is 13.6. The van der Waals surface area contributed by atoms with Crippen LogP contribution in [0.2, 0.25) is 0 Å². The summed E-state index contributed by atoms with van der Waals surface area (Å²) in [5, 5.41) is 0. The van der Waals surface area contributed by atoms with Gasteiger partial charge in [0.25, 0.3) is 0 Å². The van der Waals surface area contributed by atoms with Crippen LogP contribution in [0.5, 0.6) is 0 Å². The van der Waals surface area contributed by atoms with Crippen LogP contribution in [0, 0.1) is 5.95 Å². The zero-order chi connectivity index (χ0) is 10.8. The van der Waals surface area contributed by atoms with Crippen molar-refractivity contribution in [2.75, 3.05) is 0 Å².